The summed E-state index contributed by atoms with van der Waals surface area (Å²) in [5.41, 5.74) is 1.26. The fourth-order valence-electron chi connectivity index (χ4n) is 2.17. The fourth-order valence-corrected chi connectivity index (χ4v) is 2.17. The Morgan fingerprint density at radius 3 is 2.75 bits per heavy atom. The molecule has 0 saturated carbocycles. The van der Waals surface area contributed by atoms with E-state index in [1.807, 2.05) is 19.9 Å². The Bertz CT molecular complexity index is 656. The van der Waals surface area contributed by atoms with E-state index >= 15 is 0 Å². The van der Waals surface area contributed by atoms with Gasteiger partial charge in [0.15, 0.2) is 5.58 Å². The lowest BCUT2D eigenvalue weighted by Gasteiger charge is -2.17. The van der Waals surface area contributed by atoms with Crippen molar-refractivity contribution in [2.24, 2.45) is 5.92 Å². The third kappa shape index (κ3) is 2.91. The van der Waals surface area contributed by atoms with E-state index in [0.717, 1.165) is 5.52 Å². The Morgan fingerprint density at radius 1 is 1.40 bits per heavy atom. The number of aliphatic carboxylic acids is 1. The molecule has 1 aromatic heterocycles. The molecular weight excluding hydrogens is 260 g/mol. The van der Waals surface area contributed by atoms with Gasteiger partial charge in [0.2, 0.25) is 0 Å². The highest BCUT2D eigenvalue weighted by Gasteiger charge is 2.20. The molecule has 108 valence electrons. The van der Waals surface area contributed by atoms with Crippen LogP contribution >= 0.6 is 0 Å². The van der Waals surface area contributed by atoms with Gasteiger partial charge in [-0.2, -0.15) is 0 Å². The molecule has 0 aliphatic heterocycles. The van der Waals surface area contributed by atoms with Crippen LogP contribution in [0.5, 0.6) is 0 Å². The topological polar surface area (TPSA) is 84.5 Å². The summed E-state index contributed by atoms with van der Waals surface area (Å²) in [7, 11) is 0. The molecule has 2 aromatic rings. The number of carboxylic acids is 1. The van der Waals surface area contributed by atoms with Gasteiger partial charge in [-0.1, -0.05) is 26.0 Å². The number of carbonyl (C=O) groups is 1. The average Bonchev–Trinajstić information content (AvgIpc) is 2.69. The third-order valence-corrected chi connectivity index (χ3v) is 3.21. The van der Waals surface area contributed by atoms with Gasteiger partial charge in [0.1, 0.15) is 6.04 Å². The van der Waals surface area contributed by atoms with E-state index in [1.165, 1.54) is 4.57 Å². The lowest BCUT2D eigenvalue weighted by Crippen LogP contribution is -2.42. The Balaban J connectivity index is 2.08. The molecule has 2 rings (SSSR count). The van der Waals surface area contributed by atoms with Crippen molar-refractivity contribution in [2.75, 3.05) is 6.54 Å². The molecule has 1 unspecified atom stereocenters. The molecule has 0 radical (unpaired) electrons. The van der Waals surface area contributed by atoms with E-state index in [9.17, 15) is 9.59 Å². The van der Waals surface area contributed by atoms with Gasteiger partial charge in [0, 0.05) is 13.1 Å². The highest BCUT2D eigenvalue weighted by atomic mass is 16.4. The number of nitrogens with zero attached hydrogens (tertiary/aromatic N) is 1. The van der Waals surface area contributed by atoms with Crippen LogP contribution in [0.3, 0.4) is 0 Å². The predicted octanol–water partition coefficient (Wildman–Crippen LogP) is 1.29. The Labute approximate surface area is 116 Å². The normalized spacial score (nSPS) is 12.9. The molecule has 6 nitrogen and oxygen atoms in total. The summed E-state index contributed by atoms with van der Waals surface area (Å²) in [6.07, 6.45) is 0. The van der Waals surface area contributed by atoms with Crippen molar-refractivity contribution in [3.8, 4) is 0 Å². The summed E-state index contributed by atoms with van der Waals surface area (Å²) in [4.78, 5) is 22.8. The fraction of sp³-hybridized carbons (Fsp3) is 0.429. The van der Waals surface area contributed by atoms with E-state index in [4.69, 9.17) is 9.52 Å². The summed E-state index contributed by atoms with van der Waals surface area (Å²) < 4.78 is 6.62. The summed E-state index contributed by atoms with van der Waals surface area (Å²) in [5, 5.41) is 12.0. The van der Waals surface area contributed by atoms with Crippen LogP contribution in [0.15, 0.2) is 33.5 Å². The number of carboxylic acid groups (broad SMARTS) is 1. The highest BCUT2D eigenvalue weighted by molar-refractivity contribution is 5.74. The molecule has 0 bridgehead atoms. The minimum absolute atomic E-state index is 0.0229. The van der Waals surface area contributed by atoms with E-state index in [0.29, 0.717) is 18.7 Å². The number of nitrogens with one attached hydrogen (secondary N) is 1. The number of aromatic nitrogens is 1. The van der Waals surface area contributed by atoms with Crippen LogP contribution in [0.25, 0.3) is 11.1 Å². The lowest BCUT2D eigenvalue weighted by molar-refractivity contribution is -0.140. The van der Waals surface area contributed by atoms with Crippen molar-refractivity contribution in [1.29, 1.82) is 0 Å². The molecular formula is C14H18N2O4. The number of hydrogen-bond acceptors (Lipinski definition) is 4. The van der Waals surface area contributed by atoms with E-state index in [1.54, 1.807) is 18.2 Å². The van der Waals surface area contributed by atoms with Gasteiger partial charge in [-0.25, -0.2) is 4.79 Å². The number of oxazole rings is 1. The summed E-state index contributed by atoms with van der Waals surface area (Å²) in [6, 6.07) is 6.54. The largest absolute Gasteiger partial charge is 0.480 e. The summed E-state index contributed by atoms with van der Waals surface area (Å²) in [5.74, 6) is -1.33. The second-order valence-corrected chi connectivity index (χ2v) is 5.00. The first-order valence-electron chi connectivity index (χ1n) is 6.55. The van der Waals surface area contributed by atoms with Crippen LogP contribution in [0.4, 0.5) is 0 Å². The second-order valence-electron chi connectivity index (χ2n) is 5.00. The minimum Gasteiger partial charge on any atom is -0.480 e. The number of rotatable bonds is 6. The summed E-state index contributed by atoms with van der Waals surface area (Å²) in [6.45, 7) is 4.43. The molecule has 0 aliphatic carbocycles. The molecule has 0 aliphatic rings. The average molecular weight is 278 g/mol. The van der Waals surface area contributed by atoms with E-state index in [-0.39, 0.29) is 5.92 Å². The maximum Gasteiger partial charge on any atom is 0.419 e. The zero-order valence-electron chi connectivity index (χ0n) is 11.5. The zero-order chi connectivity index (χ0) is 14.7. The quantitative estimate of drug-likeness (QED) is 0.832. The van der Waals surface area contributed by atoms with Gasteiger partial charge in [0.05, 0.1) is 5.52 Å². The number of benzene rings is 1. The van der Waals surface area contributed by atoms with Crippen LogP contribution in [0, 0.1) is 5.92 Å². The first-order valence-corrected chi connectivity index (χ1v) is 6.55. The van der Waals surface area contributed by atoms with Crippen LogP contribution < -0.4 is 11.1 Å². The van der Waals surface area contributed by atoms with E-state index in [2.05, 4.69) is 5.32 Å². The number of para-hydroxylation sites is 2. The van der Waals surface area contributed by atoms with Crippen molar-refractivity contribution in [2.45, 2.75) is 26.4 Å². The van der Waals surface area contributed by atoms with Gasteiger partial charge in [-0.05, 0) is 18.1 Å². The maximum absolute atomic E-state index is 11.7. The van der Waals surface area contributed by atoms with Crippen molar-refractivity contribution in [3.63, 3.8) is 0 Å². The van der Waals surface area contributed by atoms with Gasteiger partial charge >= 0.3 is 11.7 Å². The van der Waals surface area contributed by atoms with Crippen molar-refractivity contribution < 1.29 is 14.3 Å². The molecule has 1 heterocycles. The predicted molar refractivity (Wildman–Crippen MR) is 74.7 cm³/mol. The lowest BCUT2D eigenvalue weighted by atomic mass is 10.1. The van der Waals surface area contributed by atoms with Crippen molar-refractivity contribution >= 4 is 17.1 Å². The molecule has 0 saturated heterocycles. The number of hydrogen-bond donors (Lipinski definition) is 2. The first kappa shape index (κ1) is 14.3. The van der Waals surface area contributed by atoms with Crippen molar-refractivity contribution in [1.82, 2.24) is 9.88 Å². The highest BCUT2D eigenvalue weighted by Crippen LogP contribution is 2.11. The van der Waals surface area contributed by atoms with Crippen molar-refractivity contribution in [3.05, 3.63) is 34.8 Å². The van der Waals surface area contributed by atoms with Crippen LogP contribution in [-0.4, -0.2) is 28.2 Å². The van der Waals surface area contributed by atoms with Gasteiger partial charge in [-0.3, -0.25) is 9.36 Å². The molecule has 0 spiro atoms. The molecule has 1 atom stereocenters. The Kier molecular flexibility index (Phi) is 4.24. The Morgan fingerprint density at radius 2 is 2.10 bits per heavy atom. The maximum atomic E-state index is 11.7. The second kappa shape index (κ2) is 5.92. The molecule has 1 aromatic carbocycles. The molecule has 2 N–H and O–H groups in total. The first-order chi connectivity index (χ1) is 9.50. The monoisotopic (exact) mass is 278 g/mol. The van der Waals surface area contributed by atoms with Gasteiger partial charge in [-0.15, -0.1) is 0 Å². The standard InChI is InChI=1S/C14H18N2O4/c1-9(2)12(13(17)18)15-7-8-16-10-5-3-4-6-11(10)20-14(16)19/h3-6,9,12,15H,7-8H2,1-2H3,(H,17,18). The van der Waals surface area contributed by atoms with Crippen LogP contribution in [0.2, 0.25) is 0 Å². The smallest absolute Gasteiger partial charge is 0.419 e. The molecule has 0 amide bonds. The minimum atomic E-state index is -0.885. The van der Waals surface area contributed by atoms with Crippen LogP contribution in [0.1, 0.15) is 13.8 Å². The number of fused-ring (bicyclic) bond motifs is 1. The molecule has 0 fully saturated rings. The van der Waals surface area contributed by atoms with Crippen LogP contribution in [-0.2, 0) is 11.3 Å². The SMILES string of the molecule is CC(C)C(NCCn1c(=O)oc2ccccc21)C(=O)O. The van der Waals surface area contributed by atoms with Gasteiger partial charge in [0.25, 0.3) is 0 Å². The molecule has 6 heteroatoms. The van der Waals surface area contributed by atoms with Gasteiger partial charge < -0.3 is 14.8 Å². The third-order valence-electron chi connectivity index (χ3n) is 3.21. The molecule has 20 heavy (non-hydrogen) atoms. The summed E-state index contributed by atoms with van der Waals surface area (Å²) >= 11 is 0. The zero-order valence-corrected chi connectivity index (χ0v) is 11.5. The van der Waals surface area contributed by atoms with E-state index < -0.39 is 17.8 Å². The Hall–Kier alpha value is -2.08.